The van der Waals surface area contributed by atoms with Crippen LogP contribution in [0.2, 0.25) is 0 Å². The Labute approximate surface area is 397 Å². The average Bonchev–Trinajstić information content (AvgIpc) is 3.37. The summed E-state index contributed by atoms with van der Waals surface area (Å²) in [5.74, 6) is 1.32. The van der Waals surface area contributed by atoms with Gasteiger partial charge in [0.25, 0.3) is 10.0 Å². The maximum Gasteiger partial charge on any atom is 0.362 e. The van der Waals surface area contributed by atoms with Crippen molar-refractivity contribution in [2.24, 2.45) is 0 Å². The molecule has 1 aliphatic rings. The molecule has 360 valence electrons. The predicted molar refractivity (Wildman–Crippen MR) is 252 cm³/mol. The third-order valence-electron chi connectivity index (χ3n) is 11.5. The van der Waals surface area contributed by atoms with E-state index in [1.54, 1.807) is 36.4 Å². The van der Waals surface area contributed by atoms with Gasteiger partial charge in [0.2, 0.25) is 0 Å². The van der Waals surface area contributed by atoms with Crippen LogP contribution >= 0.6 is 0 Å². The molecule has 7 rings (SSSR count). The van der Waals surface area contributed by atoms with Crippen LogP contribution in [0.25, 0.3) is 0 Å². The number of sulfonamides is 1. The van der Waals surface area contributed by atoms with E-state index in [-0.39, 0.29) is 37.9 Å². The first-order valence-electron chi connectivity index (χ1n) is 22.1. The molecule has 6 aromatic carbocycles. The molecule has 0 aliphatic carbocycles. The smallest absolute Gasteiger partial charge is 0.362 e. The molecule has 0 bridgehead atoms. The standard InChI is InChI=1S/C53H57F2NO11S/c1-59-44-27-25-42(46(29-44)61-3)32-56(33-43-26-28-45(60-2)30-47(43)62-4)68(57,58)53(54,55)31-48-49(63-34-38-17-9-5-10-18-38)50(64-35-39-19-11-6-12-20-39)51(65-36-40-21-13-7-14-22-40)52(67-48)66-37-41-23-15-8-16-24-41/h5-30,48-52H,31-37H2,1-4H3/t48-,49-,50+,51-,52-/m1/s1. The Hall–Kier alpha value is -5.91. The van der Waals surface area contributed by atoms with Crippen LogP contribution in [0.15, 0.2) is 158 Å². The summed E-state index contributed by atoms with van der Waals surface area (Å²) in [6.07, 6.45) is -7.80. The van der Waals surface area contributed by atoms with Crippen molar-refractivity contribution in [3.63, 3.8) is 0 Å². The highest BCUT2D eigenvalue weighted by molar-refractivity contribution is 7.90. The first-order valence-corrected chi connectivity index (χ1v) is 23.5. The fourth-order valence-corrected chi connectivity index (χ4v) is 9.27. The Morgan fingerprint density at radius 1 is 0.500 bits per heavy atom. The Morgan fingerprint density at radius 3 is 1.28 bits per heavy atom. The summed E-state index contributed by atoms with van der Waals surface area (Å²) in [4.78, 5) is 0. The van der Waals surface area contributed by atoms with E-state index in [2.05, 4.69) is 0 Å². The number of rotatable bonds is 24. The molecule has 1 aliphatic heterocycles. The van der Waals surface area contributed by atoms with Gasteiger partial charge in [-0.3, -0.25) is 0 Å². The number of ether oxygens (including phenoxy) is 9. The molecule has 0 spiro atoms. The van der Waals surface area contributed by atoms with Crippen LogP contribution in [0.4, 0.5) is 8.78 Å². The molecule has 12 nitrogen and oxygen atoms in total. The van der Waals surface area contributed by atoms with Gasteiger partial charge >= 0.3 is 5.25 Å². The van der Waals surface area contributed by atoms with Crippen LogP contribution in [0.3, 0.4) is 0 Å². The number of halogens is 2. The second-order valence-corrected chi connectivity index (χ2v) is 18.2. The zero-order valence-corrected chi connectivity index (χ0v) is 39.3. The summed E-state index contributed by atoms with van der Waals surface area (Å²) in [6, 6.07) is 46.7. The summed E-state index contributed by atoms with van der Waals surface area (Å²) in [5, 5.41) is -4.49. The Bertz CT molecular complexity index is 2520. The van der Waals surface area contributed by atoms with E-state index in [0.29, 0.717) is 26.9 Å². The van der Waals surface area contributed by atoms with Crippen LogP contribution in [0, 0.1) is 0 Å². The van der Waals surface area contributed by atoms with Crippen molar-refractivity contribution in [1.29, 1.82) is 0 Å². The van der Waals surface area contributed by atoms with Gasteiger partial charge in [0, 0.05) is 36.3 Å². The Kier molecular flexibility index (Phi) is 17.6. The molecule has 68 heavy (non-hydrogen) atoms. The van der Waals surface area contributed by atoms with Gasteiger partial charge in [0.1, 0.15) is 41.3 Å². The van der Waals surface area contributed by atoms with Crippen LogP contribution in [-0.4, -0.2) is 77.1 Å². The first kappa shape index (κ1) is 50.0. The second-order valence-electron chi connectivity index (χ2n) is 16.1. The lowest BCUT2D eigenvalue weighted by Gasteiger charge is -2.46. The average molecular weight is 954 g/mol. The number of alkyl halides is 2. The molecular formula is C53H57F2NO11S. The van der Waals surface area contributed by atoms with Gasteiger partial charge < -0.3 is 42.6 Å². The largest absolute Gasteiger partial charge is 0.497 e. The second kappa shape index (κ2) is 23.9. The summed E-state index contributed by atoms with van der Waals surface area (Å²) in [5.41, 5.74) is 3.77. The topological polar surface area (TPSA) is 120 Å². The molecule has 0 unspecified atom stereocenters. The van der Waals surface area contributed by atoms with Crippen LogP contribution in [-0.2, 0) is 73.2 Å². The van der Waals surface area contributed by atoms with Gasteiger partial charge in [-0.25, -0.2) is 8.42 Å². The molecule has 0 amide bonds. The van der Waals surface area contributed by atoms with Crippen molar-refractivity contribution >= 4 is 10.0 Å². The van der Waals surface area contributed by atoms with E-state index < -0.39 is 65.5 Å². The SMILES string of the molecule is COc1ccc(CN(Cc2ccc(OC)cc2OC)S(=O)(=O)C(F)(F)C[C@H]2O[C@@H](OCc3ccccc3)[C@H](OCc3ccccc3)[C@@H](OCc3ccccc3)[C@@H]2OCc2ccccc2)c(OC)c1. The molecule has 6 aromatic rings. The van der Waals surface area contributed by atoms with Crippen molar-refractivity contribution in [3.05, 3.63) is 191 Å². The molecule has 1 heterocycles. The van der Waals surface area contributed by atoms with Gasteiger partial charge in [-0.15, -0.1) is 0 Å². The van der Waals surface area contributed by atoms with Crippen molar-refractivity contribution in [1.82, 2.24) is 4.31 Å². The summed E-state index contributed by atoms with van der Waals surface area (Å²) in [7, 11) is 0.146. The minimum absolute atomic E-state index is 0.0141. The monoisotopic (exact) mass is 953 g/mol. The Balaban J connectivity index is 1.30. The maximum atomic E-state index is 17.6. The summed E-state index contributed by atoms with van der Waals surface area (Å²) < 4.78 is 121. The van der Waals surface area contributed by atoms with E-state index in [4.69, 9.17) is 42.6 Å². The van der Waals surface area contributed by atoms with Gasteiger partial charge in [-0.2, -0.15) is 13.1 Å². The molecule has 15 heteroatoms. The molecular weight excluding hydrogens is 897 g/mol. The molecule has 0 radical (unpaired) electrons. The van der Waals surface area contributed by atoms with Crippen LogP contribution < -0.4 is 18.9 Å². The van der Waals surface area contributed by atoms with E-state index in [1.807, 2.05) is 121 Å². The highest BCUT2D eigenvalue weighted by Gasteiger charge is 2.57. The van der Waals surface area contributed by atoms with Crippen molar-refractivity contribution < 1.29 is 59.8 Å². The zero-order valence-electron chi connectivity index (χ0n) is 38.4. The number of hydrogen-bond donors (Lipinski definition) is 0. The first-order chi connectivity index (χ1) is 33.0. The highest BCUT2D eigenvalue weighted by Crippen LogP contribution is 2.41. The lowest BCUT2D eigenvalue weighted by atomic mass is 9.95. The lowest BCUT2D eigenvalue weighted by Crippen LogP contribution is -2.62. The molecule has 1 fully saturated rings. The summed E-state index contributed by atoms with van der Waals surface area (Å²) in [6.45, 7) is -0.932. The normalized spacial score (nSPS) is 18.5. The van der Waals surface area contributed by atoms with Crippen molar-refractivity contribution in [3.8, 4) is 23.0 Å². The third kappa shape index (κ3) is 12.8. The van der Waals surface area contributed by atoms with Gasteiger partial charge in [-0.1, -0.05) is 133 Å². The van der Waals surface area contributed by atoms with Crippen molar-refractivity contribution in [2.45, 2.75) is 81.9 Å². The number of nitrogens with zero attached hydrogens (tertiary/aromatic N) is 1. The highest BCUT2D eigenvalue weighted by atomic mass is 32.2. The predicted octanol–water partition coefficient (Wildman–Crippen LogP) is 9.73. The number of methoxy groups -OCH3 is 4. The van der Waals surface area contributed by atoms with Gasteiger partial charge in [0.15, 0.2) is 6.29 Å². The number of benzene rings is 6. The maximum absolute atomic E-state index is 17.6. The zero-order chi connectivity index (χ0) is 47.9. The van der Waals surface area contributed by atoms with E-state index >= 15 is 8.78 Å². The molecule has 5 atom stereocenters. The van der Waals surface area contributed by atoms with Crippen LogP contribution in [0.5, 0.6) is 23.0 Å². The molecule has 1 saturated heterocycles. The quantitative estimate of drug-likeness (QED) is 0.0577. The van der Waals surface area contributed by atoms with E-state index in [1.165, 1.54) is 28.4 Å². The minimum atomic E-state index is -5.60. The number of hydrogen-bond acceptors (Lipinski definition) is 11. The molecule has 0 saturated carbocycles. The minimum Gasteiger partial charge on any atom is -0.497 e. The molecule has 0 N–H and O–H groups in total. The fraction of sp³-hybridized carbons (Fsp3) is 0.321. The van der Waals surface area contributed by atoms with Crippen molar-refractivity contribution in [2.75, 3.05) is 28.4 Å². The van der Waals surface area contributed by atoms with E-state index in [0.717, 1.165) is 22.3 Å². The van der Waals surface area contributed by atoms with Crippen LogP contribution in [0.1, 0.15) is 39.8 Å². The fourth-order valence-electron chi connectivity index (χ4n) is 7.90. The lowest BCUT2D eigenvalue weighted by molar-refractivity contribution is -0.329. The molecule has 0 aromatic heterocycles. The van der Waals surface area contributed by atoms with E-state index in [9.17, 15) is 8.42 Å². The summed E-state index contributed by atoms with van der Waals surface area (Å²) >= 11 is 0. The third-order valence-corrected chi connectivity index (χ3v) is 13.4. The van der Waals surface area contributed by atoms with Gasteiger partial charge in [-0.05, 0) is 34.4 Å². The Morgan fingerprint density at radius 2 is 0.882 bits per heavy atom. The van der Waals surface area contributed by atoms with Gasteiger partial charge in [0.05, 0.1) is 67.4 Å².